The molecule has 3 N–H and O–H groups in total. The second kappa shape index (κ2) is 1.78. The summed E-state index contributed by atoms with van der Waals surface area (Å²) in [7, 11) is 0. The molecule has 0 saturated carbocycles. The van der Waals surface area contributed by atoms with Gasteiger partial charge in [0.25, 0.3) is 5.97 Å². The largest absolute Gasteiger partial charge is 0.343 e. The molecular weight excluding hydrogens is 96.0 g/mol. The van der Waals surface area contributed by atoms with Crippen LogP contribution in [0.25, 0.3) is 0 Å². The van der Waals surface area contributed by atoms with Crippen molar-refractivity contribution in [2.45, 2.75) is 19.8 Å². The number of rotatable bonds is 1. The van der Waals surface area contributed by atoms with Gasteiger partial charge in [-0.2, -0.15) is 0 Å². The van der Waals surface area contributed by atoms with E-state index in [1.54, 1.807) is 0 Å². The first-order chi connectivity index (χ1) is 2.94. The standard InChI is InChI=1S/C4H9O3/c1-3(2)4(5,6)7/h5-7H,1-2H3. The van der Waals surface area contributed by atoms with Crippen molar-refractivity contribution in [3.05, 3.63) is 5.92 Å². The van der Waals surface area contributed by atoms with E-state index in [0.29, 0.717) is 0 Å². The van der Waals surface area contributed by atoms with Gasteiger partial charge in [-0.05, 0) is 0 Å². The molecule has 0 aromatic heterocycles. The number of hydrogen-bond donors (Lipinski definition) is 3. The third-order valence-corrected chi connectivity index (χ3v) is 0.671. The molecule has 0 fully saturated rings. The van der Waals surface area contributed by atoms with E-state index in [1.165, 1.54) is 13.8 Å². The maximum absolute atomic E-state index is 8.17. The maximum atomic E-state index is 8.17. The lowest BCUT2D eigenvalue weighted by atomic mass is 10.2. The molecule has 0 aromatic rings. The minimum absolute atomic E-state index is 0.160. The maximum Gasteiger partial charge on any atom is 0.281 e. The van der Waals surface area contributed by atoms with E-state index in [9.17, 15) is 0 Å². The van der Waals surface area contributed by atoms with E-state index in [4.69, 9.17) is 15.3 Å². The van der Waals surface area contributed by atoms with Gasteiger partial charge in [0.05, 0.1) is 5.92 Å². The fourth-order valence-corrected chi connectivity index (χ4v) is 0. The van der Waals surface area contributed by atoms with Crippen LogP contribution in [0.4, 0.5) is 0 Å². The van der Waals surface area contributed by atoms with Crippen molar-refractivity contribution in [3.63, 3.8) is 0 Å². The molecule has 0 aliphatic carbocycles. The average Bonchev–Trinajstić information content (AvgIpc) is 1.31. The molecule has 0 aliphatic heterocycles. The lowest BCUT2D eigenvalue weighted by molar-refractivity contribution is -0.296. The van der Waals surface area contributed by atoms with Crippen molar-refractivity contribution < 1.29 is 15.3 Å². The predicted octanol–water partition coefficient (Wildman–Crippen LogP) is -0.769. The van der Waals surface area contributed by atoms with Gasteiger partial charge < -0.3 is 15.3 Å². The molecule has 0 aliphatic rings. The van der Waals surface area contributed by atoms with Crippen molar-refractivity contribution in [3.8, 4) is 0 Å². The predicted molar refractivity (Wildman–Crippen MR) is 24.0 cm³/mol. The first kappa shape index (κ1) is 6.88. The molecule has 0 bridgehead atoms. The molecule has 3 heteroatoms. The summed E-state index contributed by atoms with van der Waals surface area (Å²) in [5.41, 5.74) is 0. The van der Waals surface area contributed by atoms with Crippen LogP contribution in [0.1, 0.15) is 13.8 Å². The molecule has 0 amide bonds. The third kappa shape index (κ3) is 2.56. The zero-order chi connectivity index (χ0) is 6.08. The van der Waals surface area contributed by atoms with E-state index < -0.39 is 5.97 Å². The molecule has 1 radical (unpaired) electrons. The van der Waals surface area contributed by atoms with Crippen molar-refractivity contribution >= 4 is 0 Å². The van der Waals surface area contributed by atoms with E-state index in [-0.39, 0.29) is 5.92 Å². The molecule has 0 saturated heterocycles. The highest BCUT2D eigenvalue weighted by molar-refractivity contribution is 4.84. The summed E-state index contributed by atoms with van der Waals surface area (Å²) in [4.78, 5) is 0. The summed E-state index contributed by atoms with van der Waals surface area (Å²) in [6, 6.07) is 0. The Morgan fingerprint density at radius 3 is 1.29 bits per heavy atom. The van der Waals surface area contributed by atoms with Crippen LogP contribution in [0.15, 0.2) is 0 Å². The highest BCUT2D eigenvalue weighted by atomic mass is 16.7. The summed E-state index contributed by atoms with van der Waals surface area (Å²) < 4.78 is 0. The normalized spacial score (nSPS) is 12.9. The SMILES string of the molecule is C[C](C)C(O)(O)O. The van der Waals surface area contributed by atoms with Gasteiger partial charge >= 0.3 is 0 Å². The van der Waals surface area contributed by atoms with Gasteiger partial charge in [-0.1, -0.05) is 13.8 Å². The van der Waals surface area contributed by atoms with Crippen LogP contribution in [0.3, 0.4) is 0 Å². The smallest absolute Gasteiger partial charge is 0.281 e. The van der Waals surface area contributed by atoms with Crippen molar-refractivity contribution in [2.24, 2.45) is 0 Å². The van der Waals surface area contributed by atoms with Gasteiger partial charge in [-0.3, -0.25) is 0 Å². The van der Waals surface area contributed by atoms with Crippen molar-refractivity contribution in [2.75, 3.05) is 0 Å². The summed E-state index contributed by atoms with van der Waals surface area (Å²) in [6.07, 6.45) is 0. The second-order valence-corrected chi connectivity index (χ2v) is 1.64. The van der Waals surface area contributed by atoms with E-state index in [2.05, 4.69) is 0 Å². The van der Waals surface area contributed by atoms with Gasteiger partial charge in [0.2, 0.25) is 0 Å². The molecule has 0 rings (SSSR count). The Morgan fingerprint density at radius 1 is 1.14 bits per heavy atom. The molecule has 0 heterocycles. The minimum atomic E-state index is -2.58. The molecule has 0 unspecified atom stereocenters. The Balaban J connectivity index is 3.54. The van der Waals surface area contributed by atoms with E-state index in [1.807, 2.05) is 0 Å². The fourth-order valence-electron chi connectivity index (χ4n) is 0. The highest BCUT2D eigenvalue weighted by Crippen LogP contribution is 2.09. The van der Waals surface area contributed by atoms with Crippen molar-refractivity contribution in [1.82, 2.24) is 0 Å². The van der Waals surface area contributed by atoms with Crippen LogP contribution in [-0.2, 0) is 0 Å². The summed E-state index contributed by atoms with van der Waals surface area (Å²) in [5.74, 6) is -2.42. The van der Waals surface area contributed by atoms with Gasteiger partial charge in [0.15, 0.2) is 0 Å². The summed E-state index contributed by atoms with van der Waals surface area (Å²) in [5, 5.41) is 24.5. The number of aliphatic hydroxyl groups is 3. The minimum Gasteiger partial charge on any atom is -0.343 e. The highest BCUT2D eigenvalue weighted by Gasteiger charge is 2.23. The van der Waals surface area contributed by atoms with Gasteiger partial charge in [-0.15, -0.1) is 0 Å². The lowest BCUT2D eigenvalue weighted by Crippen LogP contribution is -2.31. The Labute approximate surface area is 42.2 Å². The number of hydrogen-bond acceptors (Lipinski definition) is 3. The van der Waals surface area contributed by atoms with E-state index >= 15 is 0 Å². The Hall–Kier alpha value is -0.120. The lowest BCUT2D eigenvalue weighted by Gasteiger charge is -2.16. The van der Waals surface area contributed by atoms with Crippen LogP contribution in [0, 0.1) is 5.92 Å². The van der Waals surface area contributed by atoms with Gasteiger partial charge in [0, 0.05) is 0 Å². The zero-order valence-corrected chi connectivity index (χ0v) is 4.34. The zero-order valence-electron chi connectivity index (χ0n) is 4.34. The Morgan fingerprint density at radius 2 is 1.29 bits per heavy atom. The first-order valence-corrected chi connectivity index (χ1v) is 1.92. The quantitative estimate of drug-likeness (QED) is 0.384. The molecule has 3 nitrogen and oxygen atoms in total. The first-order valence-electron chi connectivity index (χ1n) is 1.92. The van der Waals surface area contributed by atoms with Crippen LogP contribution in [-0.4, -0.2) is 21.3 Å². The summed E-state index contributed by atoms with van der Waals surface area (Å²) in [6.45, 7) is 2.83. The molecular formula is C4H9O3. The Kier molecular flexibility index (Phi) is 1.75. The van der Waals surface area contributed by atoms with Crippen LogP contribution < -0.4 is 0 Å². The van der Waals surface area contributed by atoms with Crippen molar-refractivity contribution in [1.29, 1.82) is 0 Å². The molecule has 0 aromatic carbocycles. The average molecular weight is 105 g/mol. The van der Waals surface area contributed by atoms with Crippen LogP contribution >= 0.6 is 0 Å². The topological polar surface area (TPSA) is 60.7 Å². The molecule has 7 heavy (non-hydrogen) atoms. The molecule has 0 spiro atoms. The fraction of sp³-hybridized carbons (Fsp3) is 0.750. The monoisotopic (exact) mass is 105 g/mol. The molecule has 0 atom stereocenters. The summed E-state index contributed by atoms with van der Waals surface area (Å²) >= 11 is 0. The third-order valence-electron chi connectivity index (χ3n) is 0.671. The molecule has 43 valence electrons. The Bertz CT molecular complexity index is 52.4. The van der Waals surface area contributed by atoms with Gasteiger partial charge in [0.1, 0.15) is 0 Å². The second-order valence-electron chi connectivity index (χ2n) is 1.64. The van der Waals surface area contributed by atoms with E-state index in [0.717, 1.165) is 0 Å². The van der Waals surface area contributed by atoms with Crippen LogP contribution in [0.5, 0.6) is 0 Å². The van der Waals surface area contributed by atoms with Crippen LogP contribution in [0.2, 0.25) is 0 Å². The van der Waals surface area contributed by atoms with Gasteiger partial charge in [-0.25, -0.2) is 0 Å².